The van der Waals surface area contributed by atoms with Gasteiger partial charge in [-0.15, -0.1) is 0 Å². The number of anilines is 1. The van der Waals surface area contributed by atoms with Crippen LogP contribution in [0.25, 0.3) is 11.0 Å². The maximum Gasteiger partial charge on any atom is 0.325 e. The molecule has 0 unspecified atom stereocenters. The summed E-state index contributed by atoms with van der Waals surface area (Å²) in [6, 6.07) is 18.7. The van der Waals surface area contributed by atoms with E-state index in [2.05, 4.69) is 10.4 Å². The summed E-state index contributed by atoms with van der Waals surface area (Å²) in [5.41, 5.74) is 0.837. The Labute approximate surface area is 224 Å². The van der Waals surface area contributed by atoms with Crippen LogP contribution in [0, 0.1) is 30.9 Å². The van der Waals surface area contributed by atoms with Crippen molar-refractivity contribution in [2.75, 3.05) is 5.32 Å². The Morgan fingerprint density at radius 2 is 1.59 bits per heavy atom. The van der Waals surface area contributed by atoms with Gasteiger partial charge >= 0.3 is 5.69 Å². The fourth-order valence-corrected chi connectivity index (χ4v) is 4.70. The summed E-state index contributed by atoms with van der Waals surface area (Å²) in [5.74, 6) is -1.76. The second-order valence-corrected chi connectivity index (χ2v) is 10.5. The molecule has 0 spiro atoms. The number of amides is 1. The number of carbonyl (C=O) groups is 2. The summed E-state index contributed by atoms with van der Waals surface area (Å²) in [7, 11) is -4.19. The van der Waals surface area contributed by atoms with Gasteiger partial charge in [0, 0.05) is 16.7 Å². The molecule has 1 amide bonds. The molecule has 0 aliphatic carbocycles. The van der Waals surface area contributed by atoms with Crippen molar-refractivity contribution in [3.05, 3.63) is 105 Å². The lowest BCUT2D eigenvalue weighted by Gasteiger charge is -2.16. The van der Waals surface area contributed by atoms with Crippen LogP contribution in [0.3, 0.4) is 0 Å². The van der Waals surface area contributed by atoms with Crippen molar-refractivity contribution in [1.82, 2.24) is 9.56 Å². The number of para-hydroxylation sites is 3. The van der Waals surface area contributed by atoms with Gasteiger partial charge in [0.1, 0.15) is 11.2 Å². The fraction of sp³-hybridized carbons (Fsp3) is 0.148. The van der Waals surface area contributed by atoms with E-state index in [1.54, 1.807) is 62.4 Å². The molecule has 3 aromatic carbocycles. The first-order valence-corrected chi connectivity index (χ1v) is 13.3. The Bertz CT molecular complexity index is 1790. The molecule has 0 radical (unpaired) electrons. The lowest BCUT2D eigenvalue weighted by atomic mass is 10.1. The van der Waals surface area contributed by atoms with Crippen molar-refractivity contribution >= 4 is 44.1 Å². The van der Waals surface area contributed by atoms with Gasteiger partial charge in [-0.05, 0) is 50.6 Å². The topological polar surface area (TPSA) is 156 Å². The van der Waals surface area contributed by atoms with E-state index in [9.17, 15) is 28.1 Å². The Morgan fingerprint density at radius 1 is 0.949 bits per heavy atom. The minimum Gasteiger partial charge on any atom is -0.805 e. The highest BCUT2D eigenvalue weighted by Gasteiger charge is 2.30. The molecule has 2 N–H and O–H groups in total. The quantitative estimate of drug-likeness (QED) is 0.149. The number of rotatable bonds is 8. The molecule has 11 nitrogen and oxygen atoms in total. The van der Waals surface area contributed by atoms with Crippen LogP contribution in [0.5, 0.6) is 0 Å². The maximum absolute atomic E-state index is 13.3. The van der Waals surface area contributed by atoms with Gasteiger partial charge in [0.2, 0.25) is 5.78 Å². The van der Waals surface area contributed by atoms with Crippen molar-refractivity contribution in [2.45, 2.75) is 32.1 Å². The normalized spacial score (nSPS) is 11.8. The zero-order chi connectivity index (χ0) is 28.3. The predicted octanol–water partition coefficient (Wildman–Crippen LogP) is 3.37. The van der Waals surface area contributed by atoms with Crippen molar-refractivity contribution < 1.29 is 22.4 Å². The van der Waals surface area contributed by atoms with E-state index in [-0.39, 0.29) is 21.6 Å². The number of benzene rings is 3. The maximum atomic E-state index is 13.3. The highest BCUT2D eigenvalue weighted by Crippen LogP contribution is 2.17. The number of nitrogens with one attached hydrogen (secondary N) is 2. The Kier molecular flexibility index (Phi) is 7.58. The summed E-state index contributed by atoms with van der Waals surface area (Å²) in [4.78, 5) is 41.5. The molecule has 200 valence electrons. The molecule has 0 aliphatic heterocycles. The molecule has 39 heavy (non-hydrogen) atoms. The second-order valence-electron chi connectivity index (χ2n) is 8.85. The van der Waals surface area contributed by atoms with E-state index in [0.717, 1.165) is 5.56 Å². The molecule has 0 saturated heterocycles. The van der Waals surface area contributed by atoms with E-state index < -0.39 is 39.5 Å². The van der Waals surface area contributed by atoms with Crippen molar-refractivity contribution in [1.29, 1.82) is 0 Å². The number of Topliss-reactive ketones (excluding diaryl/α,β-unsaturated/α-hetero) is 1. The summed E-state index contributed by atoms with van der Waals surface area (Å²) >= 11 is 0. The molecule has 1 heterocycles. The van der Waals surface area contributed by atoms with E-state index in [0.29, 0.717) is 20.4 Å². The van der Waals surface area contributed by atoms with Gasteiger partial charge < -0.3 is 15.3 Å². The Hall–Kier alpha value is -4.84. The van der Waals surface area contributed by atoms with E-state index >= 15 is 0 Å². The van der Waals surface area contributed by atoms with Gasteiger partial charge in [-0.1, -0.05) is 48.0 Å². The number of aromatic nitrogens is 2. The zero-order valence-electron chi connectivity index (χ0n) is 21.3. The van der Waals surface area contributed by atoms with Crippen LogP contribution in [0.15, 0.2) is 82.8 Å². The van der Waals surface area contributed by atoms with Gasteiger partial charge in [0.15, 0.2) is 0 Å². The number of hydrogen-bond donors (Lipinski definition) is 2. The highest BCUT2D eigenvalue weighted by atomic mass is 32.2. The molecule has 12 heteroatoms. The van der Waals surface area contributed by atoms with Gasteiger partial charge in [0.25, 0.3) is 21.4 Å². The SMILES string of the molecule is Cc1ccc(S(=O)(=O)N/N=C(\CC(=O)c2c(C)n([O-])c3ccccc3[n+]2=O)C(=O)Nc2ccccc2C)cc1. The van der Waals surface area contributed by atoms with Gasteiger partial charge in [-0.25, -0.2) is 0 Å². The zero-order valence-corrected chi connectivity index (χ0v) is 22.2. The third kappa shape index (κ3) is 5.70. The van der Waals surface area contributed by atoms with Crippen LogP contribution >= 0.6 is 0 Å². The van der Waals surface area contributed by atoms with Crippen LogP contribution in [0.1, 0.15) is 33.7 Å². The number of carbonyl (C=O) groups excluding carboxylic acids is 2. The summed E-state index contributed by atoms with van der Waals surface area (Å²) in [5, 5.41) is 19.1. The third-order valence-electron chi connectivity index (χ3n) is 6.05. The van der Waals surface area contributed by atoms with Crippen LogP contribution in [-0.4, -0.2) is 30.6 Å². The third-order valence-corrected chi connectivity index (χ3v) is 7.27. The van der Waals surface area contributed by atoms with Gasteiger partial charge in [0.05, 0.1) is 21.4 Å². The van der Waals surface area contributed by atoms with Crippen molar-refractivity contribution in [2.24, 2.45) is 5.10 Å². The Morgan fingerprint density at radius 3 is 2.28 bits per heavy atom. The first-order valence-electron chi connectivity index (χ1n) is 11.8. The first kappa shape index (κ1) is 27.2. The molecular weight excluding hydrogens is 522 g/mol. The number of aryl methyl sites for hydroxylation is 2. The van der Waals surface area contributed by atoms with Crippen LogP contribution in [0.2, 0.25) is 0 Å². The number of hydrogen-bond acceptors (Lipinski definition) is 7. The number of ketones is 1. The molecule has 4 aromatic rings. The highest BCUT2D eigenvalue weighted by molar-refractivity contribution is 7.89. The van der Waals surface area contributed by atoms with Crippen LogP contribution < -0.4 is 14.6 Å². The molecule has 4 rings (SSSR count). The van der Waals surface area contributed by atoms with Gasteiger partial charge in [-0.3, -0.25) is 9.59 Å². The van der Waals surface area contributed by atoms with Crippen molar-refractivity contribution in [3.63, 3.8) is 0 Å². The van der Waals surface area contributed by atoms with Gasteiger partial charge in [-0.2, -0.15) is 18.4 Å². The number of fused-ring (bicyclic) bond motifs is 1. The predicted molar refractivity (Wildman–Crippen MR) is 146 cm³/mol. The second kappa shape index (κ2) is 10.9. The minimum absolute atomic E-state index is 0.0376. The molecule has 0 saturated carbocycles. The smallest absolute Gasteiger partial charge is 0.325 e. The fourth-order valence-electron chi connectivity index (χ4n) is 3.87. The number of hydrazone groups is 1. The monoisotopic (exact) mass is 547 g/mol. The summed E-state index contributed by atoms with van der Waals surface area (Å²) in [6.45, 7) is 4.86. The van der Waals surface area contributed by atoms with E-state index in [1.807, 2.05) is 4.83 Å². The van der Waals surface area contributed by atoms with Crippen molar-refractivity contribution in [3.8, 4) is 0 Å². The molecule has 0 fully saturated rings. The van der Waals surface area contributed by atoms with Crippen LogP contribution in [-0.2, 0) is 14.8 Å². The number of sulfonamides is 1. The average molecular weight is 548 g/mol. The molecule has 0 atom stereocenters. The molecule has 0 aliphatic rings. The lowest BCUT2D eigenvalue weighted by Crippen LogP contribution is -2.34. The first-order chi connectivity index (χ1) is 18.5. The largest absolute Gasteiger partial charge is 0.805 e. The van der Waals surface area contributed by atoms with E-state index in [4.69, 9.17) is 0 Å². The molecule has 0 bridgehead atoms. The Balaban J connectivity index is 1.73. The van der Waals surface area contributed by atoms with E-state index in [1.165, 1.54) is 31.2 Å². The van der Waals surface area contributed by atoms with Crippen LogP contribution in [0.4, 0.5) is 5.69 Å². The molecule has 1 aromatic heterocycles. The lowest BCUT2D eigenvalue weighted by molar-refractivity contribution is -0.468. The average Bonchev–Trinajstić information content (AvgIpc) is 2.91. The standard InChI is InChI=1S/C27H25N5O6S/c1-17-12-14-20(15-13-17)39(37,38)30-29-22(27(34)28-21-9-5-4-8-18(21)2)16-25(33)26-19(3)31(35)23-10-6-7-11-24(23)32(26)36/h4-15,30H,16H2,1-3H3,(H,28,34)/b29-22+. The summed E-state index contributed by atoms with van der Waals surface area (Å²) in [6.07, 6.45) is -0.768. The molecular formula is C27H25N5O6S. The minimum atomic E-state index is -4.19. The summed E-state index contributed by atoms with van der Waals surface area (Å²) < 4.78 is 26.4. The number of nitrogens with zero attached hydrogens (tertiary/aromatic N) is 3.